The van der Waals surface area contributed by atoms with Crippen LogP contribution in [0.2, 0.25) is 0 Å². The van der Waals surface area contributed by atoms with Crippen molar-refractivity contribution in [2.45, 2.75) is 29.4 Å². The van der Waals surface area contributed by atoms with E-state index in [1.54, 1.807) is 0 Å². The number of rotatable bonds is 10. The standard InChI is InChI=1S/C21H26N2O2S4/c24-20(18-6-14(10-26)4-15(7-18)11-27)22-2-1-3-23-21(25)19-8-16(12-28)5-17(9-19)13-29/h4-9,26-29H,1-3,10-13H2,(H,22,24)(H,23,25). The van der Waals surface area contributed by atoms with Gasteiger partial charge in [0.2, 0.25) is 0 Å². The molecule has 0 heterocycles. The molecule has 0 atom stereocenters. The first kappa shape index (κ1) is 24.1. The predicted molar refractivity (Wildman–Crippen MR) is 133 cm³/mol. The molecule has 29 heavy (non-hydrogen) atoms. The Kier molecular flexibility index (Phi) is 10.3. The Bertz CT molecular complexity index is 745. The molecule has 0 saturated carbocycles. The van der Waals surface area contributed by atoms with Crippen molar-refractivity contribution in [1.29, 1.82) is 0 Å². The summed E-state index contributed by atoms with van der Waals surface area (Å²) in [6, 6.07) is 11.3. The fourth-order valence-electron chi connectivity index (χ4n) is 2.85. The van der Waals surface area contributed by atoms with Crippen LogP contribution in [0.25, 0.3) is 0 Å². The molecule has 0 aliphatic rings. The lowest BCUT2D eigenvalue weighted by Gasteiger charge is -2.10. The largest absolute Gasteiger partial charge is 0.352 e. The molecular formula is C21H26N2O2S4. The zero-order chi connectivity index (χ0) is 21.2. The summed E-state index contributed by atoms with van der Waals surface area (Å²) in [7, 11) is 0. The van der Waals surface area contributed by atoms with Gasteiger partial charge in [-0.3, -0.25) is 9.59 Å². The minimum Gasteiger partial charge on any atom is -0.352 e. The first-order valence-electron chi connectivity index (χ1n) is 9.26. The van der Waals surface area contributed by atoms with E-state index in [1.807, 2.05) is 36.4 Å². The molecule has 0 unspecified atom stereocenters. The van der Waals surface area contributed by atoms with E-state index in [9.17, 15) is 9.59 Å². The third kappa shape index (κ3) is 7.51. The van der Waals surface area contributed by atoms with Crippen molar-refractivity contribution in [2.75, 3.05) is 13.1 Å². The topological polar surface area (TPSA) is 58.2 Å². The van der Waals surface area contributed by atoms with Gasteiger partial charge in [0.05, 0.1) is 0 Å². The van der Waals surface area contributed by atoms with Gasteiger partial charge < -0.3 is 10.6 Å². The van der Waals surface area contributed by atoms with Gasteiger partial charge in [-0.1, -0.05) is 12.1 Å². The molecule has 156 valence electrons. The average molecular weight is 467 g/mol. The number of thiol groups is 4. The van der Waals surface area contributed by atoms with Crippen molar-refractivity contribution in [1.82, 2.24) is 10.6 Å². The summed E-state index contributed by atoms with van der Waals surface area (Å²) in [4.78, 5) is 24.8. The van der Waals surface area contributed by atoms with E-state index in [2.05, 4.69) is 61.1 Å². The third-order valence-corrected chi connectivity index (χ3v) is 5.75. The van der Waals surface area contributed by atoms with E-state index in [0.717, 1.165) is 22.3 Å². The van der Waals surface area contributed by atoms with Gasteiger partial charge in [0.15, 0.2) is 0 Å². The summed E-state index contributed by atoms with van der Waals surface area (Å²) >= 11 is 17.1. The second-order valence-electron chi connectivity index (χ2n) is 6.57. The van der Waals surface area contributed by atoms with Crippen LogP contribution in [0.1, 0.15) is 49.4 Å². The SMILES string of the molecule is O=C(NCCCNC(=O)c1cc(CS)cc(CS)c1)c1cc(CS)cc(CS)c1. The number of nitrogens with one attached hydrogen (secondary N) is 2. The molecule has 0 saturated heterocycles. The number of hydrogen-bond acceptors (Lipinski definition) is 6. The van der Waals surface area contributed by atoms with Gasteiger partial charge in [0.25, 0.3) is 11.8 Å². The van der Waals surface area contributed by atoms with E-state index < -0.39 is 0 Å². The molecule has 8 heteroatoms. The number of carbonyl (C=O) groups excluding carboxylic acids is 2. The van der Waals surface area contributed by atoms with Crippen LogP contribution in [0.3, 0.4) is 0 Å². The zero-order valence-electron chi connectivity index (χ0n) is 16.0. The maximum absolute atomic E-state index is 12.4. The molecule has 0 spiro atoms. The molecule has 4 nitrogen and oxygen atoms in total. The molecule has 0 fully saturated rings. The molecule has 2 amide bonds. The maximum Gasteiger partial charge on any atom is 0.251 e. The van der Waals surface area contributed by atoms with Crippen molar-refractivity contribution >= 4 is 62.3 Å². The summed E-state index contributed by atoms with van der Waals surface area (Å²) in [5.74, 6) is 1.99. The molecule has 2 rings (SSSR count). The Morgan fingerprint density at radius 2 is 0.897 bits per heavy atom. The monoisotopic (exact) mass is 466 g/mol. The number of carbonyl (C=O) groups is 2. The highest BCUT2D eigenvalue weighted by molar-refractivity contribution is 7.79. The van der Waals surface area contributed by atoms with Crippen LogP contribution >= 0.6 is 50.5 Å². The van der Waals surface area contributed by atoms with Crippen LogP contribution in [0.15, 0.2) is 36.4 Å². The van der Waals surface area contributed by atoms with E-state index in [1.165, 1.54) is 0 Å². The van der Waals surface area contributed by atoms with Crippen LogP contribution in [0.4, 0.5) is 0 Å². The molecule has 2 aromatic rings. The van der Waals surface area contributed by atoms with Crippen molar-refractivity contribution < 1.29 is 9.59 Å². The van der Waals surface area contributed by atoms with Crippen molar-refractivity contribution in [3.8, 4) is 0 Å². The van der Waals surface area contributed by atoms with Gasteiger partial charge >= 0.3 is 0 Å². The minimum atomic E-state index is -0.136. The van der Waals surface area contributed by atoms with Crippen molar-refractivity contribution in [2.24, 2.45) is 0 Å². The lowest BCUT2D eigenvalue weighted by molar-refractivity contribution is 0.0951. The average Bonchev–Trinajstić information content (AvgIpc) is 2.77. The van der Waals surface area contributed by atoms with E-state index in [4.69, 9.17) is 0 Å². The Labute approximate surface area is 194 Å². The fourth-order valence-corrected chi connectivity index (χ4v) is 3.58. The Hall–Kier alpha value is -1.22. The smallest absolute Gasteiger partial charge is 0.251 e. The van der Waals surface area contributed by atoms with Gasteiger partial charge in [0, 0.05) is 47.2 Å². The van der Waals surface area contributed by atoms with Gasteiger partial charge in [-0.2, -0.15) is 50.5 Å². The lowest BCUT2D eigenvalue weighted by Crippen LogP contribution is -2.30. The first-order valence-corrected chi connectivity index (χ1v) is 11.8. The zero-order valence-corrected chi connectivity index (χ0v) is 19.6. The quantitative estimate of drug-likeness (QED) is 0.237. The lowest BCUT2D eigenvalue weighted by atomic mass is 10.1. The highest BCUT2D eigenvalue weighted by atomic mass is 32.1. The van der Waals surface area contributed by atoms with Gasteiger partial charge in [0.1, 0.15) is 0 Å². The second-order valence-corrected chi connectivity index (χ2v) is 7.84. The van der Waals surface area contributed by atoms with Crippen molar-refractivity contribution in [3.63, 3.8) is 0 Å². The molecular weight excluding hydrogens is 441 g/mol. The summed E-state index contributed by atoms with van der Waals surface area (Å²) in [6.45, 7) is 0.942. The number of hydrogen-bond donors (Lipinski definition) is 6. The second kappa shape index (κ2) is 12.5. The van der Waals surface area contributed by atoms with E-state index in [-0.39, 0.29) is 11.8 Å². The summed E-state index contributed by atoms with van der Waals surface area (Å²) in [6.07, 6.45) is 0.634. The highest BCUT2D eigenvalue weighted by Crippen LogP contribution is 2.15. The first-order chi connectivity index (χ1) is 14.0. The summed E-state index contributed by atoms with van der Waals surface area (Å²) < 4.78 is 0. The van der Waals surface area contributed by atoms with Crippen LogP contribution in [0, 0.1) is 0 Å². The van der Waals surface area contributed by atoms with Crippen LogP contribution in [-0.2, 0) is 23.0 Å². The number of benzene rings is 2. The fraction of sp³-hybridized carbons (Fsp3) is 0.333. The van der Waals surface area contributed by atoms with Crippen molar-refractivity contribution in [3.05, 3.63) is 69.8 Å². The number of amides is 2. The highest BCUT2D eigenvalue weighted by Gasteiger charge is 2.10. The Morgan fingerprint density at radius 1 is 0.586 bits per heavy atom. The predicted octanol–water partition coefficient (Wildman–Crippen LogP) is 3.96. The minimum absolute atomic E-state index is 0.136. The Morgan fingerprint density at radius 3 is 1.17 bits per heavy atom. The van der Waals surface area contributed by atoms with E-state index in [0.29, 0.717) is 53.6 Å². The molecule has 2 N–H and O–H groups in total. The molecule has 2 aromatic carbocycles. The molecule has 0 radical (unpaired) electrons. The summed E-state index contributed by atoms with van der Waals surface area (Å²) in [5.41, 5.74) is 5.16. The third-order valence-electron chi connectivity index (χ3n) is 4.28. The molecule has 0 aliphatic carbocycles. The Balaban J connectivity index is 1.82. The van der Waals surface area contributed by atoms with Gasteiger partial charge in [-0.15, -0.1) is 0 Å². The van der Waals surface area contributed by atoms with Gasteiger partial charge in [-0.25, -0.2) is 0 Å². The maximum atomic E-state index is 12.4. The molecule has 0 bridgehead atoms. The molecule has 0 aromatic heterocycles. The van der Waals surface area contributed by atoms with Crippen LogP contribution in [-0.4, -0.2) is 24.9 Å². The van der Waals surface area contributed by atoms with Crippen LogP contribution in [0.5, 0.6) is 0 Å². The molecule has 0 aliphatic heterocycles. The normalized spacial score (nSPS) is 10.6. The van der Waals surface area contributed by atoms with E-state index >= 15 is 0 Å². The summed E-state index contributed by atoms with van der Waals surface area (Å²) in [5, 5.41) is 5.78. The van der Waals surface area contributed by atoms with Crippen LogP contribution < -0.4 is 10.6 Å². The van der Waals surface area contributed by atoms with Gasteiger partial charge in [-0.05, 0) is 52.9 Å².